The maximum Gasteiger partial charge on any atom is 0.410 e. The van der Waals surface area contributed by atoms with Crippen LogP contribution in [-0.4, -0.2) is 60.7 Å². The summed E-state index contributed by atoms with van der Waals surface area (Å²) in [5, 5.41) is 0. The van der Waals surface area contributed by atoms with Crippen molar-refractivity contribution in [2.24, 2.45) is 0 Å². The van der Waals surface area contributed by atoms with Gasteiger partial charge in [0.05, 0.1) is 19.3 Å². The number of ether oxygens (including phenoxy) is 2. The van der Waals surface area contributed by atoms with Crippen molar-refractivity contribution in [2.45, 2.75) is 12.6 Å². The molecule has 2 saturated heterocycles. The van der Waals surface area contributed by atoms with Crippen LogP contribution in [-0.2, 0) is 20.9 Å². The molecule has 0 aliphatic carbocycles. The number of nitrogens with zero attached hydrogens (tertiary/aromatic N) is 2. The van der Waals surface area contributed by atoms with Crippen LogP contribution in [0.4, 0.5) is 4.79 Å². The Morgan fingerprint density at radius 3 is 2.62 bits per heavy atom. The van der Waals surface area contributed by atoms with Crippen LogP contribution in [0, 0.1) is 0 Å². The van der Waals surface area contributed by atoms with Gasteiger partial charge in [-0.2, -0.15) is 0 Å². The van der Waals surface area contributed by atoms with Gasteiger partial charge in [-0.25, -0.2) is 4.79 Å². The van der Waals surface area contributed by atoms with Gasteiger partial charge in [0.15, 0.2) is 0 Å². The topological polar surface area (TPSA) is 59.1 Å². The van der Waals surface area contributed by atoms with Crippen molar-refractivity contribution < 1.29 is 19.1 Å². The first-order valence-corrected chi connectivity index (χ1v) is 7.07. The van der Waals surface area contributed by atoms with Gasteiger partial charge in [0, 0.05) is 13.1 Å². The van der Waals surface area contributed by atoms with E-state index < -0.39 is 6.09 Å². The zero-order chi connectivity index (χ0) is 14.7. The number of carbonyl (C=O) groups excluding carboxylic acids is 2. The Morgan fingerprint density at radius 2 is 2.00 bits per heavy atom. The molecule has 0 atom stereocenters. The van der Waals surface area contributed by atoms with Gasteiger partial charge in [-0.05, 0) is 5.56 Å². The second-order valence-electron chi connectivity index (χ2n) is 5.24. The maximum atomic E-state index is 12.0. The third-order valence-corrected chi connectivity index (χ3v) is 3.78. The zero-order valence-electron chi connectivity index (χ0n) is 11.7. The summed E-state index contributed by atoms with van der Waals surface area (Å²) in [6.07, 6.45) is -0.434. The van der Waals surface area contributed by atoms with Crippen molar-refractivity contribution in [3.05, 3.63) is 35.9 Å². The largest absolute Gasteiger partial charge is 0.445 e. The minimum absolute atomic E-state index is 0.0359. The van der Waals surface area contributed by atoms with Crippen LogP contribution in [0.25, 0.3) is 0 Å². The molecule has 21 heavy (non-hydrogen) atoms. The molecule has 6 nitrogen and oxygen atoms in total. The van der Waals surface area contributed by atoms with Crippen molar-refractivity contribution in [3.8, 4) is 0 Å². The van der Waals surface area contributed by atoms with Crippen molar-refractivity contribution in [3.63, 3.8) is 0 Å². The molecule has 2 aliphatic heterocycles. The van der Waals surface area contributed by atoms with E-state index in [2.05, 4.69) is 0 Å². The molecule has 112 valence electrons. The molecule has 2 aliphatic rings. The van der Waals surface area contributed by atoms with Gasteiger partial charge >= 0.3 is 6.09 Å². The van der Waals surface area contributed by atoms with Crippen LogP contribution in [0.1, 0.15) is 5.56 Å². The van der Waals surface area contributed by atoms with Gasteiger partial charge in [-0.3, -0.25) is 9.69 Å². The molecule has 6 heteroatoms. The summed E-state index contributed by atoms with van der Waals surface area (Å²) in [4.78, 5) is 27.3. The van der Waals surface area contributed by atoms with E-state index in [4.69, 9.17) is 9.47 Å². The highest BCUT2D eigenvalue weighted by Crippen LogP contribution is 2.15. The van der Waals surface area contributed by atoms with Gasteiger partial charge < -0.3 is 14.4 Å². The lowest BCUT2D eigenvalue weighted by molar-refractivity contribution is -0.149. The van der Waals surface area contributed by atoms with E-state index in [0.29, 0.717) is 26.3 Å². The first-order valence-electron chi connectivity index (χ1n) is 7.07. The lowest BCUT2D eigenvalue weighted by Crippen LogP contribution is -2.60. The number of carbonyl (C=O) groups is 2. The van der Waals surface area contributed by atoms with Gasteiger partial charge in [-0.1, -0.05) is 30.3 Å². The maximum absolute atomic E-state index is 12.0. The minimum atomic E-state index is -0.434. The lowest BCUT2D eigenvalue weighted by Gasteiger charge is -2.41. The van der Waals surface area contributed by atoms with Crippen molar-refractivity contribution in [1.29, 1.82) is 0 Å². The molecular formula is C15H18N2O4. The van der Waals surface area contributed by atoms with Gasteiger partial charge in [0.1, 0.15) is 13.2 Å². The van der Waals surface area contributed by atoms with Crippen molar-refractivity contribution in [1.82, 2.24) is 9.80 Å². The van der Waals surface area contributed by atoms with Crippen LogP contribution in [0.15, 0.2) is 30.3 Å². The second-order valence-corrected chi connectivity index (χ2v) is 5.24. The van der Waals surface area contributed by atoms with E-state index in [-0.39, 0.29) is 25.1 Å². The standard InChI is InChI=1S/C15H18N2O4/c18-14-8-16(6-7-17(14)13-10-20-11-13)15(19)21-9-12-4-2-1-3-5-12/h1-5,13H,6-11H2. The molecule has 2 heterocycles. The Hall–Kier alpha value is -2.08. The lowest BCUT2D eigenvalue weighted by atomic mass is 10.2. The summed E-state index contributed by atoms with van der Waals surface area (Å²) in [6, 6.07) is 9.67. The quantitative estimate of drug-likeness (QED) is 0.828. The summed E-state index contributed by atoms with van der Waals surface area (Å²) in [5.41, 5.74) is 0.933. The van der Waals surface area contributed by atoms with Crippen LogP contribution in [0.2, 0.25) is 0 Å². The highest BCUT2D eigenvalue weighted by molar-refractivity contribution is 5.83. The SMILES string of the molecule is O=C(OCc1ccccc1)N1CCN(C2COC2)C(=O)C1. The summed E-state index contributed by atoms with van der Waals surface area (Å²) in [7, 11) is 0. The second kappa shape index (κ2) is 6.13. The predicted molar refractivity (Wildman–Crippen MR) is 74.5 cm³/mol. The van der Waals surface area contributed by atoms with E-state index >= 15 is 0 Å². The van der Waals surface area contributed by atoms with E-state index in [1.807, 2.05) is 30.3 Å². The van der Waals surface area contributed by atoms with E-state index in [9.17, 15) is 9.59 Å². The highest BCUT2D eigenvalue weighted by atomic mass is 16.6. The molecular weight excluding hydrogens is 272 g/mol. The van der Waals surface area contributed by atoms with E-state index in [1.54, 1.807) is 4.90 Å². The molecule has 0 radical (unpaired) electrons. The molecule has 0 N–H and O–H groups in total. The smallest absolute Gasteiger partial charge is 0.410 e. The monoisotopic (exact) mass is 290 g/mol. The summed E-state index contributed by atoms with van der Waals surface area (Å²) in [6.45, 7) is 2.58. The normalized spacial score (nSPS) is 19.3. The van der Waals surface area contributed by atoms with Crippen molar-refractivity contribution in [2.75, 3.05) is 32.8 Å². The number of hydrogen-bond acceptors (Lipinski definition) is 4. The molecule has 0 aromatic heterocycles. The average molecular weight is 290 g/mol. The molecule has 3 rings (SSSR count). The number of benzene rings is 1. The van der Waals surface area contributed by atoms with Gasteiger partial charge in [0.25, 0.3) is 0 Å². The number of rotatable bonds is 3. The molecule has 0 bridgehead atoms. The predicted octanol–water partition coefficient (Wildman–Crippen LogP) is 0.866. The van der Waals surface area contributed by atoms with Gasteiger partial charge in [0.2, 0.25) is 5.91 Å². The summed E-state index contributed by atoms with van der Waals surface area (Å²) in [5.74, 6) is -0.0359. The Kier molecular flexibility index (Phi) is 4.06. The Balaban J connectivity index is 1.48. The molecule has 1 aromatic rings. The number of piperazine rings is 1. The molecule has 0 spiro atoms. The Labute approximate surface area is 123 Å². The minimum Gasteiger partial charge on any atom is -0.445 e. The fraction of sp³-hybridized carbons (Fsp3) is 0.467. The van der Waals surface area contributed by atoms with Crippen LogP contribution in [0.3, 0.4) is 0 Å². The van der Waals surface area contributed by atoms with Crippen LogP contribution < -0.4 is 0 Å². The van der Waals surface area contributed by atoms with Gasteiger partial charge in [-0.15, -0.1) is 0 Å². The van der Waals surface area contributed by atoms with Crippen LogP contribution >= 0.6 is 0 Å². The number of hydrogen-bond donors (Lipinski definition) is 0. The first kappa shape index (κ1) is 13.9. The molecule has 2 amide bonds. The third-order valence-electron chi connectivity index (χ3n) is 3.78. The van der Waals surface area contributed by atoms with Crippen molar-refractivity contribution >= 4 is 12.0 Å². The molecule has 1 aromatic carbocycles. The zero-order valence-corrected chi connectivity index (χ0v) is 11.7. The highest BCUT2D eigenvalue weighted by Gasteiger charge is 2.35. The van der Waals surface area contributed by atoms with Crippen LogP contribution in [0.5, 0.6) is 0 Å². The fourth-order valence-corrected chi connectivity index (χ4v) is 2.44. The number of amides is 2. The summed E-state index contributed by atoms with van der Waals surface area (Å²) < 4.78 is 10.3. The fourth-order valence-electron chi connectivity index (χ4n) is 2.44. The van der Waals surface area contributed by atoms with E-state index in [1.165, 1.54) is 4.90 Å². The molecule has 0 saturated carbocycles. The Morgan fingerprint density at radius 1 is 1.24 bits per heavy atom. The van der Waals surface area contributed by atoms with E-state index in [0.717, 1.165) is 5.56 Å². The molecule has 2 fully saturated rings. The molecule has 0 unspecified atom stereocenters. The first-order chi connectivity index (χ1) is 10.2. The Bertz CT molecular complexity index is 516. The third kappa shape index (κ3) is 3.16. The summed E-state index contributed by atoms with van der Waals surface area (Å²) >= 11 is 0. The average Bonchev–Trinajstić information content (AvgIpc) is 2.46.